The van der Waals surface area contributed by atoms with Crippen molar-refractivity contribution in [2.24, 2.45) is 0 Å². The molecule has 2 rings (SSSR count). The molecule has 1 aromatic heterocycles. The second-order valence-electron chi connectivity index (χ2n) is 5.19. The van der Waals surface area contributed by atoms with Crippen LogP contribution in [0.5, 0.6) is 0 Å². The molecule has 2 nitrogen and oxygen atoms in total. The van der Waals surface area contributed by atoms with Crippen molar-refractivity contribution in [2.45, 2.75) is 32.4 Å². The van der Waals surface area contributed by atoms with Gasteiger partial charge in [-0.25, -0.2) is 4.39 Å². The van der Waals surface area contributed by atoms with Crippen LogP contribution in [0, 0.1) is 5.82 Å². The lowest BCUT2D eigenvalue weighted by molar-refractivity contribution is 0.464. The Morgan fingerprint density at radius 1 is 1.19 bits per heavy atom. The fourth-order valence-electron chi connectivity index (χ4n) is 2.17. The van der Waals surface area contributed by atoms with Crippen LogP contribution < -0.4 is 5.32 Å². The first-order valence-corrected chi connectivity index (χ1v) is 7.53. The van der Waals surface area contributed by atoms with Crippen molar-refractivity contribution in [3.8, 4) is 0 Å². The van der Waals surface area contributed by atoms with Crippen molar-refractivity contribution in [3.63, 3.8) is 0 Å². The molecule has 112 valence electrons. The van der Waals surface area contributed by atoms with Crippen LogP contribution in [-0.4, -0.2) is 11.0 Å². The summed E-state index contributed by atoms with van der Waals surface area (Å²) in [7, 11) is 0. The van der Waals surface area contributed by atoms with Crippen LogP contribution in [-0.2, 0) is 6.42 Å². The molecule has 0 radical (unpaired) electrons. The highest BCUT2D eigenvalue weighted by Crippen LogP contribution is 2.29. The first-order chi connectivity index (χ1) is 9.97. The van der Waals surface area contributed by atoms with Crippen LogP contribution in [0.3, 0.4) is 0 Å². The van der Waals surface area contributed by atoms with E-state index in [0.29, 0.717) is 16.5 Å². The lowest BCUT2D eigenvalue weighted by Gasteiger charge is -2.21. The monoisotopic (exact) mass is 326 g/mol. The van der Waals surface area contributed by atoms with E-state index >= 15 is 0 Å². The van der Waals surface area contributed by atoms with Crippen molar-refractivity contribution in [2.75, 3.05) is 0 Å². The first kappa shape index (κ1) is 16.2. The SMILES string of the molecule is CC(C)NC(Cc1cccc(Cl)c1Cl)c1ccc(F)cn1. The van der Waals surface area contributed by atoms with Crippen LogP contribution >= 0.6 is 23.2 Å². The highest BCUT2D eigenvalue weighted by Gasteiger charge is 2.17. The molecule has 5 heteroatoms. The van der Waals surface area contributed by atoms with Crippen molar-refractivity contribution in [1.29, 1.82) is 0 Å². The largest absolute Gasteiger partial charge is 0.306 e. The summed E-state index contributed by atoms with van der Waals surface area (Å²) in [5.41, 5.74) is 1.72. The first-order valence-electron chi connectivity index (χ1n) is 6.77. The molecule has 21 heavy (non-hydrogen) atoms. The molecule has 2 aromatic rings. The molecule has 0 aliphatic heterocycles. The minimum atomic E-state index is -0.345. The third kappa shape index (κ3) is 4.40. The third-order valence-electron chi connectivity index (χ3n) is 3.10. The molecule has 0 aliphatic rings. The van der Waals surface area contributed by atoms with E-state index in [1.54, 1.807) is 12.1 Å². The van der Waals surface area contributed by atoms with Crippen LogP contribution in [0.15, 0.2) is 36.5 Å². The van der Waals surface area contributed by atoms with E-state index < -0.39 is 0 Å². The number of rotatable bonds is 5. The van der Waals surface area contributed by atoms with Crippen molar-refractivity contribution in [3.05, 3.63) is 63.6 Å². The highest BCUT2D eigenvalue weighted by atomic mass is 35.5. The number of nitrogens with one attached hydrogen (secondary N) is 1. The lowest BCUT2D eigenvalue weighted by Crippen LogP contribution is -2.30. The molecule has 0 saturated heterocycles. The van der Waals surface area contributed by atoms with E-state index in [9.17, 15) is 4.39 Å². The van der Waals surface area contributed by atoms with Crippen LogP contribution in [0.25, 0.3) is 0 Å². The molecular weight excluding hydrogens is 310 g/mol. The summed E-state index contributed by atoms with van der Waals surface area (Å²) in [6.45, 7) is 4.10. The number of halogens is 3. The zero-order chi connectivity index (χ0) is 15.4. The van der Waals surface area contributed by atoms with Crippen LogP contribution in [0.4, 0.5) is 4.39 Å². The molecule has 0 amide bonds. The second kappa shape index (κ2) is 7.21. The number of nitrogens with zero attached hydrogens (tertiary/aromatic N) is 1. The van der Waals surface area contributed by atoms with Gasteiger partial charge in [-0.15, -0.1) is 0 Å². The Labute approximate surface area is 134 Å². The van der Waals surface area contributed by atoms with Crippen molar-refractivity contribution < 1.29 is 4.39 Å². The van der Waals surface area contributed by atoms with Crippen molar-refractivity contribution in [1.82, 2.24) is 10.3 Å². The van der Waals surface area contributed by atoms with Gasteiger partial charge in [-0.1, -0.05) is 49.2 Å². The Morgan fingerprint density at radius 2 is 1.95 bits per heavy atom. The summed E-state index contributed by atoms with van der Waals surface area (Å²) < 4.78 is 13.0. The fraction of sp³-hybridized carbons (Fsp3) is 0.312. The summed E-state index contributed by atoms with van der Waals surface area (Å²) in [5, 5.41) is 4.51. The second-order valence-corrected chi connectivity index (χ2v) is 5.98. The minimum Gasteiger partial charge on any atom is -0.306 e. The lowest BCUT2D eigenvalue weighted by atomic mass is 10.0. The van der Waals surface area contributed by atoms with Gasteiger partial charge in [0.15, 0.2) is 0 Å². The van der Waals surface area contributed by atoms with Gasteiger partial charge in [-0.05, 0) is 30.2 Å². The molecule has 1 N–H and O–H groups in total. The Hall–Kier alpha value is -1.16. The van der Waals surface area contributed by atoms with E-state index in [1.807, 2.05) is 12.1 Å². The number of pyridine rings is 1. The molecule has 0 bridgehead atoms. The van der Waals surface area contributed by atoms with Gasteiger partial charge in [-0.2, -0.15) is 0 Å². The maximum Gasteiger partial charge on any atom is 0.141 e. The average Bonchev–Trinajstić information content (AvgIpc) is 2.43. The van der Waals surface area contributed by atoms with Gasteiger partial charge in [0, 0.05) is 6.04 Å². The van der Waals surface area contributed by atoms with Crippen LogP contribution in [0.2, 0.25) is 10.0 Å². The Balaban J connectivity index is 2.28. The summed E-state index contributed by atoms with van der Waals surface area (Å²) in [6, 6.07) is 8.88. The Bertz CT molecular complexity index is 600. The predicted octanol–water partition coefficient (Wildman–Crippen LogP) is 4.81. The van der Waals surface area contributed by atoms with Crippen molar-refractivity contribution >= 4 is 23.2 Å². The number of hydrogen-bond acceptors (Lipinski definition) is 2. The van der Waals surface area contributed by atoms with Gasteiger partial charge in [0.1, 0.15) is 5.82 Å². The number of hydrogen-bond donors (Lipinski definition) is 1. The van der Waals surface area contributed by atoms with E-state index in [0.717, 1.165) is 11.3 Å². The van der Waals surface area contributed by atoms with E-state index in [-0.39, 0.29) is 17.9 Å². The highest BCUT2D eigenvalue weighted by molar-refractivity contribution is 6.42. The molecule has 1 atom stereocenters. The Morgan fingerprint density at radius 3 is 2.57 bits per heavy atom. The zero-order valence-electron chi connectivity index (χ0n) is 11.9. The maximum atomic E-state index is 13.0. The number of aromatic nitrogens is 1. The smallest absolute Gasteiger partial charge is 0.141 e. The maximum absolute atomic E-state index is 13.0. The summed E-state index contributed by atoms with van der Waals surface area (Å²) in [5.74, 6) is -0.345. The molecule has 0 spiro atoms. The van der Waals surface area contributed by atoms with Crippen LogP contribution in [0.1, 0.15) is 31.1 Å². The standard InChI is InChI=1S/C16H17Cl2FN2/c1-10(2)21-15(14-7-6-12(19)9-20-14)8-11-4-3-5-13(17)16(11)18/h3-7,9-10,15,21H,8H2,1-2H3. The third-order valence-corrected chi connectivity index (χ3v) is 3.96. The predicted molar refractivity (Wildman–Crippen MR) is 85.4 cm³/mol. The summed E-state index contributed by atoms with van der Waals surface area (Å²) in [4.78, 5) is 4.17. The van der Waals surface area contributed by atoms with Gasteiger partial charge in [-0.3, -0.25) is 4.98 Å². The molecular formula is C16H17Cl2FN2. The number of benzene rings is 1. The molecule has 0 saturated carbocycles. The molecule has 1 unspecified atom stereocenters. The van der Waals surface area contributed by atoms with E-state index in [2.05, 4.69) is 24.1 Å². The van der Waals surface area contributed by atoms with Gasteiger partial charge in [0.05, 0.1) is 28.0 Å². The van der Waals surface area contributed by atoms with Gasteiger partial charge < -0.3 is 5.32 Å². The summed E-state index contributed by atoms with van der Waals surface area (Å²) >= 11 is 12.3. The molecule has 0 fully saturated rings. The zero-order valence-corrected chi connectivity index (χ0v) is 13.4. The quantitative estimate of drug-likeness (QED) is 0.852. The van der Waals surface area contributed by atoms with E-state index in [1.165, 1.54) is 12.3 Å². The van der Waals surface area contributed by atoms with Gasteiger partial charge >= 0.3 is 0 Å². The average molecular weight is 327 g/mol. The molecule has 1 heterocycles. The minimum absolute atomic E-state index is 0.0541. The molecule has 0 aliphatic carbocycles. The fourth-order valence-corrected chi connectivity index (χ4v) is 2.57. The Kier molecular flexibility index (Phi) is 5.57. The van der Waals surface area contributed by atoms with Gasteiger partial charge in [0.2, 0.25) is 0 Å². The molecule has 1 aromatic carbocycles. The van der Waals surface area contributed by atoms with Gasteiger partial charge in [0.25, 0.3) is 0 Å². The topological polar surface area (TPSA) is 24.9 Å². The summed E-state index contributed by atoms with van der Waals surface area (Å²) in [6.07, 6.45) is 1.86. The normalized spacial score (nSPS) is 12.7. The van der Waals surface area contributed by atoms with E-state index in [4.69, 9.17) is 23.2 Å².